The monoisotopic (exact) mass is 396 g/mol. The molecule has 0 aliphatic heterocycles. The van der Waals surface area contributed by atoms with Crippen LogP contribution in [0.2, 0.25) is 0 Å². The van der Waals surface area contributed by atoms with Gasteiger partial charge in [-0.1, -0.05) is 12.1 Å². The normalized spacial score (nSPS) is 13.5. The van der Waals surface area contributed by atoms with Crippen molar-refractivity contribution in [2.45, 2.75) is 32.2 Å². The number of carbonyl (C=O) groups is 1. The average molecular weight is 397 g/mol. The summed E-state index contributed by atoms with van der Waals surface area (Å²) in [6, 6.07) is 10.3. The summed E-state index contributed by atoms with van der Waals surface area (Å²) in [6.07, 6.45) is 4.25. The third kappa shape index (κ3) is 3.88. The van der Waals surface area contributed by atoms with Crippen LogP contribution < -0.4 is 5.32 Å². The number of nitrogens with one attached hydrogen (secondary N) is 1. The molecule has 1 N–H and O–H groups in total. The van der Waals surface area contributed by atoms with E-state index in [1.54, 1.807) is 22.7 Å². The van der Waals surface area contributed by atoms with Gasteiger partial charge in [0.05, 0.1) is 28.9 Å². The number of benzene rings is 1. The quantitative estimate of drug-likeness (QED) is 0.702. The van der Waals surface area contributed by atoms with E-state index in [9.17, 15) is 10.1 Å². The third-order valence-corrected chi connectivity index (χ3v) is 6.92. The number of anilines is 1. The summed E-state index contributed by atoms with van der Waals surface area (Å²) in [7, 11) is 1.91. The lowest BCUT2D eigenvalue weighted by molar-refractivity contribution is -0.117. The van der Waals surface area contributed by atoms with E-state index in [1.165, 1.54) is 4.88 Å². The van der Waals surface area contributed by atoms with E-state index < -0.39 is 0 Å². The Hall–Kier alpha value is -2.27. The highest BCUT2D eigenvalue weighted by atomic mass is 32.1. The lowest BCUT2D eigenvalue weighted by Gasteiger charge is -2.14. The summed E-state index contributed by atoms with van der Waals surface area (Å²) >= 11 is 3.22. The third-order valence-electron chi connectivity index (χ3n) is 4.69. The molecule has 1 aliphatic rings. The highest BCUT2D eigenvalue weighted by Crippen LogP contribution is 2.37. The maximum Gasteiger partial charge on any atom is 0.239 e. The fourth-order valence-electron chi connectivity index (χ4n) is 3.46. The molecule has 3 aromatic rings. The lowest BCUT2D eigenvalue weighted by atomic mass is 9.96. The summed E-state index contributed by atoms with van der Waals surface area (Å²) in [5.74, 6) is -0.0892. The van der Waals surface area contributed by atoms with Gasteiger partial charge in [-0.25, -0.2) is 4.98 Å². The van der Waals surface area contributed by atoms with Gasteiger partial charge in [-0.2, -0.15) is 5.26 Å². The number of thiophene rings is 1. The molecule has 1 amide bonds. The molecule has 0 bridgehead atoms. The van der Waals surface area contributed by atoms with Crippen molar-refractivity contribution >= 4 is 43.8 Å². The number of likely N-dealkylation sites (N-methyl/N-ethyl adjacent to an activating group) is 1. The van der Waals surface area contributed by atoms with Crippen molar-refractivity contribution in [3.05, 3.63) is 45.3 Å². The molecule has 0 unspecified atom stereocenters. The molecule has 5 nitrogen and oxygen atoms in total. The number of hydrogen-bond acceptors (Lipinski definition) is 6. The number of aromatic nitrogens is 1. The molecule has 138 valence electrons. The van der Waals surface area contributed by atoms with Crippen molar-refractivity contribution in [2.24, 2.45) is 0 Å². The highest BCUT2D eigenvalue weighted by Gasteiger charge is 2.22. The van der Waals surface area contributed by atoms with Gasteiger partial charge in [0.2, 0.25) is 5.91 Å². The Morgan fingerprint density at radius 3 is 2.93 bits per heavy atom. The minimum absolute atomic E-state index is 0.0892. The minimum atomic E-state index is -0.0892. The Kier molecular flexibility index (Phi) is 5.21. The summed E-state index contributed by atoms with van der Waals surface area (Å²) in [5.41, 5.74) is 2.81. The number of aryl methyl sites for hydroxylation is 1. The summed E-state index contributed by atoms with van der Waals surface area (Å²) in [6.45, 7) is 0.891. The maximum atomic E-state index is 12.5. The first kappa shape index (κ1) is 18.1. The molecule has 0 atom stereocenters. The number of amides is 1. The first-order chi connectivity index (χ1) is 13.1. The average Bonchev–Trinajstić information content (AvgIpc) is 3.20. The smallest absolute Gasteiger partial charge is 0.239 e. The fraction of sp³-hybridized carbons (Fsp3) is 0.350. The zero-order valence-electron chi connectivity index (χ0n) is 15.1. The van der Waals surface area contributed by atoms with E-state index in [0.29, 0.717) is 17.1 Å². The number of nitrogens with zero attached hydrogens (tertiary/aromatic N) is 3. The van der Waals surface area contributed by atoms with Crippen LogP contribution in [-0.4, -0.2) is 29.4 Å². The molecule has 0 saturated carbocycles. The van der Waals surface area contributed by atoms with Crippen molar-refractivity contribution in [1.82, 2.24) is 9.88 Å². The first-order valence-corrected chi connectivity index (χ1v) is 10.6. The second-order valence-corrected chi connectivity index (χ2v) is 9.04. The van der Waals surface area contributed by atoms with Crippen molar-refractivity contribution in [2.75, 3.05) is 18.9 Å². The van der Waals surface area contributed by atoms with E-state index >= 15 is 0 Å². The van der Waals surface area contributed by atoms with Gasteiger partial charge in [0.15, 0.2) is 0 Å². The molecule has 1 aliphatic carbocycles. The van der Waals surface area contributed by atoms with Crippen LogP contribution in [0.5, 0.6) is 0 Å². The Labute approximate surface area is 166 Å². The van der Waals surface area contributed by atoms with E-state index in [-0.39, 0.29) is 12.5 Å². The molecular weight excluding hydrogens is 376 g/mol. The highest BCUT2D eigenvalue weighted by molar-refractivity contribution is 7.18. The second-order valence-electron chi connectivity index (χ2n) is 6.82. The number of rotatable bonds is 5. The van der Waals surface area contributed by atoms with Crippen molar-refractivity contribution < 1.29 is 4.79 Å². The second kappa shape index (κ2) is 7.77. The van der Waals surface area contributed by atoms with Gasteiger partial charge >= 0.3 is 0 Å². The van der Waals surface area contributed by atoms with Crippen LogP contribution >= 0.6 is 22.7 Å². The van der Waals surface area contributed by atoms with E-state index in [2.05, 4.69) is 22.4 Å². The molecular formula is C20H20N4OS2. The van der Waals surface area contributed by atoms with Crippen molar-refractivity contribution in [3.8, 4) is 6.07 Å². The first-order valence-electron chi connectivity index (χ1n) is 9.01. The zero-order valence-corrected chi connectivity index (χ0v) is 16.8. The van der Waals surface area contributed by atoms with Crippen LogP contribution in [0.15, 0.2) is 24.3 Å². The van der Waals surface area contributed by atoms with Gasteiger partial charge in [0.25, 0.3) is 0 Å². The number of carbonyl (C=O) groups excluding carboxylic acids is 1. The molecule has 0 fully saturated rings. The number of fused-ring (bicyclic) bond motifs is 2. The van der Waals surface area contributed by atoms with E-state index in [1.807, 2.05) is 30.1 Å². The molecule has 2 aromatic heterocycles. The van der Waals surface area contributed by atoms with Crippen LogP contribution in [0.3, 0.4) is 0 Å². The molecule has 2 heterocycles. The van der Waals surface area contributed by atoms with Crippen LogP contribution in [0, 0.1) is 11.3 Å². The van der Waals surface area contributed by atoms with Crippen LogP contribution in [0.1, 0.15) is 33.9 Å². The predicted octanol–water partition coefficient (Wildman–Crippen LogP) is 4.18. The molecule has 0 radical (unpaired) electrons. The van der Waals surface area contributed by atoms with Gasteiger partial charge in [-0.05, 0) is 50.4 Å². The Balaban J connectivity index is 1.40. The van der Waals surface area contributed by atoms with Crippen LogP contribution in [0.4, 0.5) is 5.00 Å². The lowest BCUT2D eigenvalue weighted by Crippen LogP contribution is -2.29. The van der Waals surface area contributed by atoms with E-state index in [0.717, 1.165) is 46.5 Å². The van der Waals surface area contributed by atoms with Gasteiger partial charge in [0, 0.05) is 4.88 Å². The summed E-state index contributed by atoms with van der Waals surface area (Å²) in [5, 5.41) is 14.2. The predicted molar refractivity (Wildman–Crippen MR) is 110 cm³/mol. The summed E-state index contributed by atoms with van der Waals surface area (Å²) < 4.78 is 1.16. The molecule has 0 saturated heterocycles. The van der Waals surface area contributed by atoms with Crippen molar-refractivity contribution in [3.63, 3.8) is 0 Å². The standard InChI is InChI=1S/C20H20N4OS2/c1-24(12-19-22-15-7-3-5-9-17(15)26-19)11-18(25)23-20-14(10-21)13-6-2-4-8-16(13)27-20/h3,5,7,9H,2,4,6,8,11-12H2,1H3,(H,23,25). The zero-order chi connectivity index (χ0) is 18.8. The molecule has 1 aromatic carbocycles. The number of thiazole rings is 1. The summed E-state index contributed by atoms with van der Waals surface area (Å²) in [4.78, 5) is 20.3. The van der Waals surface area contributed by atoms with E-state index in [4.69, 9.17) is 0 Å². The minimum Gasteiger partial charge on any atom is -0.315 e. The topological polar surface area (TPSA) is 69.0 Å². The number of hydrogen-bond donors (Lipinski definition) is 1. The Bertz CT molecular complexity index is 997. The number of nitriles is 1. The molecule has 27 heavy (non-hydrogen) atoms. The molecule has 7 heteroatoms. The van der Waals surface area contributed by atoms with Crippen molar-refractivity contribution in [1.29, 1.82) is 5.26 Å². The Morgan fingerprint density at radius 1 is 1.30 bits per heavy atom. The molecule has 4 rings (SSSR count). The van der Waals surface area contributed by atoms with Crippen LogP contribution in [0.25, 0.3) is 10.2 Å². The van der Waals surface area contributed by atoms with Gasteiger partial charge in [0.1, 0.15) is 16.1 Å². The van der Waals surface area contributed by atoms with Crippen LogP contribution in [-0.2, 0) is 24.2 Å². The SMILES string of the molecule is CN(CC(=O)Nc1sc2c(c1C#N)CCCC2)Cc1nc2ccccc2s1. The maximum absolute atomic E-state index is 12.5. The van der Waals surface area contributed by atoms with Gasteiger partial charge in [-0.3, -0.25) is 9.69 Å². The number of para-hydroxylation sites is 1. The Morgan fingerprint density at radius 2 is 2.11 bits per heavy atom. The largest absolute Gasteiger partial charge is 0.315 e. The van der Waals surface area contributed by atoms with Gasteiger partial charge < -0.3 is 5.32 Å². The molecule has 0 spiro atoms. The van der Waals surface area contributed by atoms with Gasteiger partial charge in [-0.15, -0.1) is 22.7 Å². The fourth-order valence-corrected chi connectivity index (χ4v) is 5.76.